The highest BCUT2D eigenvalue weighted by molar-refractivity contribution is 7.89. The summed E-state index contributed by atoms with van der Waals surface area (Å²) in [6, 6.07) is 1.63. The van der Waals surface area contributed by atoms with E-state index < -0.39 is 26.6 Å². The SMILES string of the molecule is CC1(CNC(=O)c2cc(S(N)(=O)=O)c(F)cc2Cl)CC1. The van der Waals surface area contributed by atoms with Gasteiger partial charge in [-0.25, -0.2) is 17.9 Å². The zero-order chi connectivity index (χ0) is 15.1. The molecular formula is C12H14ClFN2O3S. The number of benzene rings is 1. The number of primary sulfonamides is 1. The van der Waals surface area contributed by atoms with E-state index in [1.807, 2.05) is 6.92 Å². The van der Waals surface area contributed by atoms with Crippen LogP contribution in [-0.4, -0.2) is 20.9 Å². The summed E-state index contributed by atoms with van der Waals surface area (Å²) in [4.78, 5) is 11.2. The molecule has 0 bridgehead atoms. The monoisotopic (exact) mass is 320 g/mol. The van der Waals surface area contributed by atoms with Gasteiger partial charge in [0, 0.05) is 6.54 Å². The van der Waals surface area contributed by atoms with Crippen molar-refractivity contribution in [3.63, 3.8) is 0 Å². The van der Waals surface area contributed by atoms with Crippen molar-refractivity contribution in [2.75, 3.05) is 6.54 Å². The molecule has 0 atom stereocenters. The minimum Gasteiger partial charge on any atom is -0.351 e. The average molecular weight is 321 g/mol. The van der Waals surface area contributed by atoms with Crippen molar-refractivity contribution in [2.24, 2.45) is 10.6 Å². The van der Waals surface area contributed by atoms with Gasteiger partial charge < -0.3 is 5.32 Å². The molecule has 1 fully saturated rings. The maximum atomic E-state index is 13.5. The van der Waals surface area contributed by atoms with Crippen molar-refractivity contribution in [2.45, 2.75) is 24.7 Å². The predicted molar refractivity (Wildman–Crippen MR) is 72.5 cm³/mol. The van der Waals surface area contributed by atoms with Crippen LogP contribution in [0.5, 0.6) is 0 Å². The number of hydrogen-bond acceptors (Lipinski definition) is 3. The van der Waals surface area contributed by atoms with E-state index in [4.69, 9.17) is 16.7 Å². The lowest BCUT2D eigenvalue weighted by Crippen LogP contribution is -2.29. The summed E-state index contributed by atoms with van der Waals surface area (Å²) in [5, 5.41) is 7.39. The van der Waals surface area contributed by atoms with Gasteiger partial charge in [0.15, 0.2) is 0 Å². The molecule has 0 spiro atoms. The fourth-order valence-corrected chi connectivity index (χ4v) is 2.55. The highest BCUT2D eigenvalue weighted by Crippen LogP contribution is 2.44. The van der Waals surface area contributed by atoms with Crippen molar-refractivity contribution in [3.8, 4) is 0 Å². The Labute approximate surface area is 121 Å². The van der Waals surface area contributed by atoms with Gasteiger partial charge in [0.2, 0.25) is 10.0 Å². The van der Waals surface area contributed by atoms with Crippen molar-refractivity contribution in [3.05, 3.63) is 28.5 Å². The summed E-state index contributed by atoms with van der Waals surface area (Å²) in [5.74, 6) is -1.63. The van der Waals surface area contributed by atoms with Gasteiger partial charge in [-0.2, -0.15) is 0 Å². The van der Waals surface area contributed by atoms with Crippen molar-refractivity contribution in [1.82, 2.24) is 5.32 Å². The predicted octanol–water partition coefficient (Wildman–Crippen LogP) is 1.66. The third-order valence-corrected chi connectivity index (χ3v) is 4.59. The second-order valence-corrected chi connectivity index (χ2v) is 7.24. The van der Waals surface area contributed by atoms with E-state index in [1.165, 1.54) is 0 Å². The molecule has 1 aromatic carbocycles. The third-order valence-electron chi connectivity index (χ3n) is 3.35. The van der Waals surface area contributed by atoms with Gasteiger partial charge in [-0.15, -0.1) is 0 Å². The summed E-state index contributed by atoms with van der Waals surface area (Å²) in [6.07, 6.45) is 2.04. The molecule has 0 unspecified atom stereocenters. The highest BCUT2D eigenvalue weighted by Gasteiger charge is 2.37. The standard InChI is InChI=1S/C12H14ClFN2O3S/c1-12(2-3-12)6-16-11(17)7-4-10(20(15,18)19)9(14)5-8(7)13/h4-5H,2-3,6H2,1H3,(H,16,17)(H2,15,18,19). The molecule has 3 N–H and O–H groups in total. The van der Waals surface area contributed by atoms with Gasteiger partial charge in [0.05, 0.1) is 10.6 Å². The van der Waals surface area contributed by atoms with E-state index >= 15 is 0 Å². The van der Waals surface area contributed by atoms with Crippen molar-refractivity contribution in [1.29, 1.82) is 0 Å². The minimum atomic E-state index is -4.25. The van der Waals surface area contributed by atoms with Crippen LogP contribution >= 0.6 is 11.6 Å². The van der Waals surface area contributed by atoms with Crippen molar-refractivity contribution >= 4 is 27.5 Å². The summed E-state index contributed by atoms with van der Waals surface area (Å²) < 4.78 is 36.0. The van der Waals surface area contributed by atoms with E-state index in [1.54, 1.807) is 0 Å². The number of hydrogen-bond donors (Lipinski definition) is 2. The summed E-state index contributed by atoms with van der Waals surface area (Å²) >= 11 is 5.78. The lowest BCUT2D eigenvalue weighted by molar-refractivity contribution is 0.0946. The van der Waals surface area contributed by atoms with Gasteiger partial charge >= 0.3 is 0 Å². The molecule has 5 nitrogen and oxygen atoms in total. The molecule has 1 aliphatic rings. The number of nitrogens with two attached hydrogens (primary N) is 1. The Bertz CT molecular complexity index is 672. The van der Waals surface area contributed by atoms with Crippen LogP contribution in [0.2, 0.25) is 5.02 Å². The zero-order valence-electron chi connectivity index (χ0n) is 10.7. The first-order valence-corrected chi connectivity index (χ1v) is 7.85. The number of carbonyl (C=O) groups excluding carboxylic acids is 1. The molecule has 110 valence electrons. The quantitative estimate of drug-likeness (QED) is 0.884. The second-order valence-electron chi connectivity index (χ2n) is 5.30. The van der Waals surface area contributed by atoms with Crippen LogP contribution in [0, 0.1) is 11.2 Å². The number of sulfonamides is 1. The van der Waals surface area contributed by atoms with Crippen LogP contribution in [-0.2, 0) is 10.0 Å². The molecule has 8 heteroatoms. The summed E-state index contributed by atoms with van der Waals surface area (Å²) in [5.41, 5.74) is -0.0216. The molecule has 1 aliphatic carbocycles. The van der Waals surface area contributed by atoms with Crippen LogP contribution in [0.25, 0.3) is 0 Å². The molecular weight excluding hydrogens is 307 g/mol. The normalized spacial score (nSPS) is 16.8. The molecule has 0 aliphatic heterocycles. The molecule has 0 heterocycles. The van der Waals surface area contributed by atoms with Crippen LogP contribution in [0.4, 0.5) is 4.39 Å². The van der Waals surface area contributed by atoms with Gasteiger partial charge in [-0.3, -0.25) is 4.79 Å². The maximum Gasteiger partial charge on any atom is 0.252 e. The topological polar surface area (TPSA) is 89.3 Å². The molecule has 1 saturated carbocycles. The van der Waals surface area contributed by atoms with Gasteiger partial charge in [0.25, 0.3) is 5.91 Å². The molecule has 0 saturated heterocycles. The van der Waals surface area contributed by atoms with Crippen LogP contribution in [0.3, 0.4) is 0 Å². The van der Waals surface area contributed by atoms with E-state index in [0.29, 0.717) is 6.54 Å². The number of halogens is 2. The van der Waals surface area contributed by atoms with Gasteiger partial charge in [0.1, 0.15) is 10.7 Å². The molecule has 2 rings (SSSR count). The smallest absolute Gasteiger partial charge is 0.252 e. The second kappa shape index (κ2) is 4.98. The molecule has 1 amide bonds. The Kier molecular flexibility index (Phi) is 3.79. The Morgan fingerprint density at radius 3 is 2.60 bits per heavy atom. The lowest BCUT2D eigenvalue weighted by Gasteiger charge is -2.12. The number of carbonyl (C=O) groups is 1. The molecule has 1 aromatic rings. The average Bonchev–Trinajstić information content (AvgIpc) is 3.03. The summed E-state index contributed by atoms with van der Waals surface area (Å²) in [7, 11) is -4.25. The fourth-order valence-electron chi connectivity index (χ4n) is 1.70. The van der Waals surface area contributed by atoms with Crippen molar-refractivity contribution < 1.29 is 17.6 Å². The third kappa shape index (κ3) is 3.28. The van der Waals surface area contributed by atoms with Gasteiger partial charge in [-0.05, 0) is 30.4 Å². The van der Waals surface area contributed by atoms with Crippen LogP contribution in [0.1, 0.15) is 30.1 Å². The Balaban J connectivity index is 2.28. The number of amides is 1. The fraction of sp³-hybridized carbons (Fsp3) is 0.417. The highest BCUT2D eigenvalue weighted by atomic mass is 35.5. The maximum absolute atomic E-state index is 13.5. The van der Waals surface area contributed by atoms with E-state index in [9.17, 15) is 17.6 Å². The number of rotatable bonds is 4. The van der Waals surface area contributed by atoms with E-state index in [2.05, 4.69) is 5.32 Å². The molecule has 0 radical (unpaired) electrons. The number of nitrogens with one attached hydrogen (secondary N) is 1. The Morgan fingerprint density at radius 1 is 1.50 bits per heavy atom. The largest absolute Gasteiger partial charge is 0.351 e. The first-order chi connectivity index (χ1) is 9.12. The van der Waals surface area contributed by atoms with E-state index in [-0.39, 0.29) is 16.0 Å². The van der Waals surface area contributed by atoms with Crippen LogP contribution in [0.15, 0.2) is 17.0 Å². The van der Waals surface area contributed by atoms with Gasteiger partial charge in [-0.1, -0.05) is 18.5 Å². The summed E-state index contributed by atoms with van der Waals surface area (Å²) in [6.45, 7) is 2.49. The van der Waals surface area contributed by atoms with Crippen LogP contribution < -0.4 is 10.5 Å². The first kappa shape index (κ1) is 15.2. The first-order valence-electron chi connectivity index (χ1n) is 5.92. The molecule has 0 aromatic heterocycles. The Hall–Kier alpha value is -1.18. The minimum absolute atomic E-state index is 0.0882. The Morgan fingerprint density at radius 2 is 2.10 bits per heavy atom. The van der Waals surface area contributed by atoms with E-state index in [0.717, 1.165) is 25.0 Å². The lowest BCUT2D eigenvalue weighted by atomic mass is 10.1. The zero-order valence-corrected chi connectivity index (χ0v) is 12.3. The molecule has 20 heavy (non-hydrogen) atoms.